The summed E-state index contributed by atoms with van der Waals surface area (Å²) in [6.07, 6.45) is 0. The van der Waals surface area contributed by atoms with Crippen molar-refractivity contribution in [1.29, 1.82) is 0 Å². The quantitative estimate of drug-likeness (QED) is 0.911. The van der Waals surface area contributed by atoms with E-state index in [0.29, 0.717) is 10.8 Å². The van der Waals surface area contributed by atoms with Crippen molar-refractivity contribution in [2.75, 3.05) is 11.9 Å². The van der Waals surface area contributed by atoms with Crippen molar-refractivity contribution in [3.05, 3.63) is 57.7 Å². The molecule has 1 heterocycles. The van der Waals surface area contributed by atoms with Gasteiger partial charge in [-0.2, -0.15) is 0 Å². The first-order chi connectivity index (χ1) is 9.90. The number of hydrogen-bond donors (Lipinski definition) is 1. The molecule has 0 saturated heterocycles. The smallest absolute Gasteiger partial charge is 0.356 e. The molecule has 0 fully saturated rings. The number of anilines is 1. The fourth-order valence-electron chi connectivity index (χ4n) is 1.94. The van der Waals surface area contributed by atoms with Crippen LogP contribution < -0.4 is 4.90 Å². The first kappa shape index (κ1) is 15.6. The average molecular weight is 325 g/mol. The number of carboxylic acid groups (broad SMARTS) is 1. The van der Waals surface area contributed by atoms with Gasteiger partial charge in [-0.15, -0.1) is 0 Å². The van der Waals surface area contributed by atoms with Crippen LogP contribution in [-0.4, -0.2) is 23.1 Å². The summed E-state index contributed by atoms with van der Waals surface area (Å²) in [6, 6.07) is 10.7. The van der Waals surface area contributed by atoms with Crippen molar-refractivity contribution < 1.29 is 9.90 Å². The molecule has 0 aliphatic carbocycles. The summed E-state index contributed by atoms with van der Waals surface area (Å²) < 4.78 is 0. The van der Waals surface area contributed by atoms with Crippen LogP contribution in [0.3, 0.4) is 0 Å². The lowest BCUT2D eigenvalue weighted by atomic mass is 10.1. The fraction of sp³-hybridized carbons (Fsp3) is 0.200. The number of rotatable bonds is 4. The summed E-state index contributed by atoms with van der Waals surface area (Å²) in [7, 11) is 1.85. The number of hydrogen-bond acceptors (Lipinski definition) is 3. The summed E-state index contributed by atoms with van der Waals surface area (Å²) in [6.45, 7) is 2.00. The SMILES string of the molecule is CC(c1ccc(Cl)cc1)N(C)c1ccc(Cl)c(C(=O)O)n1. The average Bonchev–Trinajstić information content (AvgIpc) is 2.46. The van der Waals surface area contributed by atoms with Gasteiger partial charge in [0.1, 0.15) is 5.82 Å². The van der Waals surface area contributed by atoms with Gasteiger partial charge in [0.05, 0.1) is 11.1 Å². The monoisotopic (exact) mass is 324 g/mol. The van der Waals surface area contributed by atoms with E-state index < -0.39 is 5.97 Å². The highest BCUT2D eigenvalue weighted by molar-refractivity contribution is 6.33. The van der Waals surface area contributed by atoms with Gasteiger partial charge < -0.3 is 10.0 Å². The minimum absolute atomic E-state index is 0.0117. The molecule has 0 saturated carbocycles. The number of aromatic carboxylic acids is 1. The Morgan fingerprint density at radius 2 is 1.81 bits per heavy atom. The molecule has 2 rings (SSSR count). The van der Waals surface area contributed by atoms with Gasteiger partial charge in [0.2, 0.25) is 0 Å². The second-order valence-corrected chi connectivity index (χ2v) is 5.49. The van der Waals surface area contributed by atoms with Gasteiger partial charge in [0, 0.05) is 12.1 Å². The Labute approximate surface area is 132 Å². The van der Waals surface area contributed by atoms with E-state index in [1.54, 1.807) is 12.1 Å². The zero-order valence-corrected chi connectivity index (χ0v) is 13.1. The second-order valence-electron chi connectivity index (χ2n) is 4.64. The molecule has 1 unspecified atom stereocenters. The fourth-order valence-corrected chi connectivity index (χ4v) is 2.25. The maximum Gasteiger partial charge on any atom is 0.356 e. The molecule has 6 heteroatoms. The molecule has 0 aliphatic rings. The van der Waals surface area contributed by atoms with Crippen molar-refractivity contribution in [2.24, 2.45) is 0 Å². The van der Waals surface area contributed by atoms with Crippen LogP contribution in [0.2, 0.25) is 10.0 Å². The van der Waals surface area contributed by atoms with Crippen LogP contribution in [0, 0.1) is 0 Å². The number of halogens is 2. The van der Waals surface area contributed by atoms with Crippen LogP contribution in [-0.2, 0) is 0 Å². The molecule has 1 atom stereocenters. The number of nitrogens with zero attached hydrogens (tertiary/aromatic N) is 2. The minimum Gasteiger partial charge on any atom is -0.476 e. The van der Waals surface area contributed by atoms with E-state index in [1.165, 1.54) is 0 Å². The molecule has 1 aromatic heterocycles. The Kier molecular flexibility index (Phi) is 4.70. The Morgan fingerprint density at radius 3 is 2.38 bits per heavy atom. The number of carboxylic acids is 1. The number of aromatic nitrogens is 1. The lowest BCUT2D eigenvalue weighted by molar-refractivity contribution is 0.0691. The van der Waals surface area contributed by atoms with Crippen LogP contribution in [0.1, 0.15) is 29.0 Å². The molecule has 0 aliphatic heterocycles. The number of pyridine rings is 1. The van der Waals surface area contributed by atoms with Crippen LogP contribution >= 0.6 is 23.2 Å². The van der Waals surface area contributed by atoms with E-state index in [0.717, 1.165) is 5.56 Å². The molecule has 110 valence electrons. The zero-order chi connectivity index (χ0) is 15.6. The van der Waals surface area contributed by atoms with Crippen molar-refractivity contribution >= 4 is 35.0 Å². The van der Waals surface area contributed by atoms with Crippen molar-refractivity contribution in [3.8, 4) is 0 Å². The predicted octanol–water partition coefficient (Wildman–Crippen LogP) is 4.28. The maximum atomic E-state index is 11.1. The predicted molar refractivity (Wildman–Crippen MR) is 84.5 cm³/mol. The second kappa shape index (κ2) is 6.33. The van der Waals surface area contributed by atoms with Crippen LogP contribution in [0.4, 0.5) is 5.82 Å². The van der Waals surface area contributed by atoms with Crippen LogP contribution in [0.15, 0.2) is 36.4 Å². The molecule has 0 radical (unpaired) electrons. The molecule has 0 spiro atoms. The summed E-state index contributed by atoms with van der Waals surface area (Å²) >= 11 is 11.7. The highest BCUT2D eigenvalue weighted by Gasteiger charge is 2.17. The molecule has 1 aromatic carbocycles. The highest BCUT2D eigenvalue weighted by Crippen LogP contribution is 2.26. The largest absolute Gasteiger partial charge is 0.476 e. The molecule has 2 aromatic rings. The van der Waals surface area contributed by atoms with E-state index in [2.05, 4.69) is 4.98 Å². The zero-order valence-electron chi connectivity index (χ0n) is 11.5. The van der Waals surface area contributed by atoms with Crippen LogP contribution in [0.5, 0.6) is 0 Å². The van der Waals surface area contributed by atoms with Crippen molar-refractivity contribution in [2.45, 2.75) is 13.0 Å². The Bertz CT molecular complexity index is 659. The van der Waals surface area contributed by atoms with E-state index >= 15 is 0 Å². The number of benzene rings is 1. The lowest BCUT2D eigenvalue weighted by Gasteiger charge is -2.26. The first-order valence-electron chi connectivity index (χ1n) is 6.28. The lowest BCUT2D eigenvalue weighted by Crippen LogP contribution is -2.23. The summed E-state index contributed by atoms with van der Waals surface area (Å²) in [4.78, 5) is 17.1. The van der Waals surface area contributed by atoms with E-state index in [1.807, 2.05) is 43.1 Å². The summed E-state index contributed by atoms with van der Waals surface area (Å²) in [5, 5.41) is 9.87. The molecule has 0 amide bonds. The third-order valence-corrected chi connectivity index (χ3v) is 3.89. The standard InChI is InChI=1S/C15H14Cl2N2O2/c1-9(10-3-5-11(16)6-4-10)19(2)13-8-7-12(17)14(18-13)15(20)21/h3-9H,1-2H3,(H,20,21). The summed E-state index contributed by atoms with van der Waals surface area (Å²) in [5.41, 5.74) is 0.903. The maximum absolute atomic E-state index is 11.1. The van der Waals surface area contributed by atoms with E-state index in [4.69, 9.17) is 28.3 Å². The number of carbonyl (C=O) groups is 1. The Balaban J connectivity index is 2.31. The molecule has 1 N–H and O–H groups in total. The van der Waals surface area contributed by atoms with Crippen molar-refractivity contribution in [3.63, 3.8) is 0 Å². The van der Waals surface area contributed by atoms with Gasteiger partial charge in [-0.3, -0.25) is 0 Å². The minimum atomic E-state index is -1.14. The van der Waals surface area contributed by atoms with E-state index in [9.17, 15) is 4.79 Å². The van der Waals surface area contributed by atoms with Gasteiger partial charge >= 0.3 is 5.97 Å². The molecular weight excluding hydrogens is 311 g/mol. The van der Waals surface area contributed by atoms with Gasteiger partial charge in [0.15, 0.2) is 5.69 Å². The first-order valence-corrected chi connectivity index (χ1v) is 7.04. The van der Waals surface area contributed by atoms with E-state index in [-0.39, 0.29) is 16.8 Å². The summed E-state index contributed by atoms with van der Waals surface area (Å²) in [5.74, 6) is -0.603. The van der Waals surface area contributed by atoms with Crippen molar-refractivity contribution in [1.82, 2.24) is 4.98 Å². The molecular formula is C15H14Cl2N2O2. The third-order valence-electron chi connectivity index (χ3n) is 3.33. The van der Waals surface area contributed by atoms with Gasteiger partial charge in [-0.1, -0.05) is 35.3 Å². The van der Waals surface area contributed by atoms with Gasteiger partial charge in [0.25, 0.3) is 0 Å². The Morgan fingerprint density at radius 1 is 1.19 bits per heavy atom. The van der Waals surface area contributed by atoms with Gasteiger partial charge in [-0.25, -0.2) is 9.78 Å². The molecule has 21 heavy (non-hydrogen) atoms. The topological polar surface area (TPSA) is 53.4 Å². The normalized spacial score (nSPS) is 12.0. The van der Waals surface area contributed by atoms with Gasteiger partial charge in [-0.05, 0) is 36.8 Å². The third kappa shape index (κ3) is 3.46. The van der Waals surface area contributed by atoms with Crippen LogP contribution in [0.25, 0.3) is 0 Å². The molecule has 4 nitrogen and oxygen atoms in total. The highest BCUT2D eigenvalue weighted by atomic mass is 35.5. The molecule has 0 bridgehead atoms. The Hall–Kier alpha value is -1.78.